The lowest BCUT2D eigenvalue weighted by molar-refractivity contribution is 0.0347. The molecule has 1 heterocycles. The van der Waals surface area contributed by atoms with Gasteiger partial charge >= 0.3 is 0 Å². The molecule has 2 aromatic carbocycles. The third kappa shape index (κ3) is 8.58. The third-order valence-electron chi connectivity index (χ3n) is 5.53. The first-order chi connectivity index (χ1) is 18.6. The molecule has 2 N–H and O–H groups in total. The third-order valence-corrected chi connectivity index (χ3v) is 6.43. The van der Waals surface area contributed by atoms with Gasteiger partial charge in [0.2, 0.25) is 5.13 Å². The summed E-state index contributed by atoms with van der Waals surface area (Å²) in [5.41, 5.74) is 3.31. The number of ether oxygens (including phenoxy) is 5. The maximum atomic E-state index is 9.03. The lowest BCUT2D eigenvalue weighted by Gasteiger charge is -2.27. The number of anilines is 1. The molecule has 3 rings (SSSR count). The fraction of sp³-hybridized carbons (Fsp3) is 0.500. The Labute approximate surface area is 226 Å². The van der Waals surface area contributed by atoms with Crippen molar-refractivity contribution in [3.63, 3.8) is 0 Å². The second-order valence-corrected chi connectivity index (χ2v) is 9.09. The Balaban J connectivity index is 1.78. The van der Waals surface area contributed by atoms with Gasteiger partial charge in [0.05, 0.1) is 83.0 Å². The van der Waals surface area contributed by atoms with Crippen molar-refractivity contribution in [2.45, 2.75) is 6.92 Å². The number of benzene rings is 2. The topological polar surface area (TPSA) is 127 Å². The number of hydrogen-bond acceptors (Lipinski definition) is 12. The smallest absolute Gasteiger partial charge is 0.231 e. The first-order valence-corrected chi connectivity index (χ1v) is 13.2. The number of azo groups is 1. The van der Waals surface area contributed by atoms with Crippen LogP contribution in [0.5, 0.6) is 11.5 Å². The highest BCUT2D eigenvalue weighted by Gasteiger charge is 2.18. The maximum absolute atomic E-state index is 9.03. The summed E-state index contributed by atoms with van der Waals surface area (Å²) in [5, 5.41) is 27.2. The Morgan fingerprint density at radius 1 is 0.842 bits per heavy atom. The van der Waals surface area contributed by atoms with Crippen LogP contribution in [-0.4, -0.2) is 95.4 Å². The first kappa shape index (κ1) is 29.7. The number of aromatic nitrogens is 1. The van der Waals surface area contributed by atoms with Crippen molar-refractivity contribution in [3.8, 4) is 11.5 Å². The van der Waals surface area contributed by atoms with Gasteiger partial charge in [-0.25, -0.2) is 4.98 Å². The van der Waals surface area contributed by atoms with E-state index < -0.39 is 0 Å². The van der Waals surface area contributed by atoms with Crippen molar-refractivity contribution < 1.29 is 33.9 Å². The Kier molecular flexibility index (Phi) is 12.6. The van der Waals surface area contributed by atoms with E-state index in [0.717, 1.165) is 21.5 Å². The first-order valence-electron chi connectivity index (χ1n) is 12.3. The molecule has 0 aliphatic rings. The summed E-state index contributed by atoms with van der Waals surface area (Å²) in [5.74, 6) is 1.12. The highest BCUT2D eigenvalue weighted by atomic mass is 32.1. The minimum atomic E-state index is -0.0397. The average Bonchev–Trinajstić information content (AvgIpc) is 3.36. The van der Waals surface area contributed by atoms with Crippen LogP contribution in [0.1, 0.15) is 5.56 Å². The summed E-state index contributed by atoms with van der Waals surface area (Å²) in [4.78, 5) is 6.66. The van der Waals surface area contributed by atoms with Crippen LogP contribution in [0.15, 0.2) is 40.6 Å². The highest BCUT2D eigenvalue weighted by Crippen LogP contribution is 2.41. The number of para-hydroxylation sites is 1. The predicted molar refractivity (Wildman–Crippen MR) is 147 cm³/mol. The molecule has 0 atom stereocenters. The normalized spacial score (nSPS) is 11.5. The van der Waals surface area contributed by atoms with Gasteiger partial charge in [-0.3, -0.25) is 0 Å². The van der Waals surface area contributed by atoms with Gasteiger partial charge in [-0.05, 0) is 18.6 Å². The molecule has 0 saturated carbocycles. The van der Waals surface area contributed by atoms with Crippen molar-refractivity contribution in [3.05, 3.63) is 35.9 Å². The molecular formula is C26H36N4O7S. The lowest BCUT2D eigenvalue weighted by Crippen LogP contribution is -2.32. The van der Waals surface area contributed by atoms with Crippen LogP contribution in [0.2, 0.25) is 0 Å². The molecule has 1 aromatic heterocycles. The van der Waals surface area contributed by atoms with E-state index in [9.17, 15) is 0 Å². The number of rotatable bonds is 18. The van der Waals surface area contributed by atoms with Gasteiger partial charge in [-0.1, -0.05) is 23.5 Å². The number of fused-ring (bicyclic) bond motifs is 1. The molecule has 0 spiro atoms. The van der Waals surface area contributed by atoms with E-state index in [1.54, 1.807) is 20.3 Å². The molecule has 0 bridgehead atoms. The highest BCUT2D eigenvalue weighted by molar-refractivity contribution is 7.21. The van der Waals surface area contributed by atoms with Gasteiger partial charge in [0.25, 0.3) is 0 Å². The number of aryl methyl sites for hydroxylation is 1. The number of thiazole rings is 1. The standard InChI is InChI=1S/C26H36N4O7S/c1-19-5-4-6-24-25(19)27-26(38-24)29-28-20-17-23(34-3)21(18-22(20)33-2)30(7-11-35-13-9-31)8-12-36-15-16-37-14-10-32/h4-6,17-18,31-32H,7-16H2,1-3H3/b29-28+. The predicted octanol–water partition coefficient (Wildman–Crippen LogP) is 3.88. The summed E-state index contributed by atoms with van der Waals surface area (Å²) in [6.45, 7) is 5.27. The number of aliphatic hydroxyl groups is 2. The van der Waals surface area contributed by atoms with E-state index in [4.69, 9.17) is 33.9 Å². The van der Waals surface area contributed by atoms with Crippen LogP contribution >= 0.6 is 11.3 Å². The van der Waals surface area contributed by atoms with Crippen LogP contribution in [0.4, 0.5) is 16.5 Å². The monoisotopic (exact) mass is 548 g/mol. The molecule has 0 fully saturated rings. The summed E-state index contributed by atoms with van der Waals surface area (Å²) in [6, 6.07) is 9.67. The average molecular weight is 549 g/mol. The van der Waals surface area contributed by atoms with Gasteiger partial charge in [0, 0.05) is 25.2 Å². The van der Waals surface area contributed by atoms with E-state index in [2.05, 4.69) is 20.1 Å². The molecule has 11 nitrogen and oxygen atoms in total. The molecule has 0 aliphatic carbocycles. The number of aliphatic hydroxyl groups excluding tert-OH is 2. The van der Waals surface area contributed by atoms with Crippen molar-refractivity contribution in [1.82, 2.24) is 4.98 Å². The quantitative estimate of drug-likeness (QED) is 0.180. The lowest BCUT2D eigenvalue weighted by atomic mass is 10.2. The second kappa shape index (κ2) is 16.2. The largest absolute Gasteiger partial charge is 0.494 e. The molecular weight excluding hydrogens is 512 g/mol. The summed E-state index contributed by atoms with van der Waals surface area (Å²) >= 11 is 1.47. The SMILES string of the molecule is COc1cc(N(CCOCCO)CCOCCOCCO)c(OC)cc1/N=N/c1nc2c(C)cccc2s1. The summed E-state index contributed by atoms with van der Waals surface area (Å²) in [7, 11) is 3.17. The van der Waals surface area contributed by atoms with Gasteiger partial charge in [0.1, 0.15) is 17.2 Å². The van der Waals surface area contributed by atoms with Gasteiger partial charge in [-0.15, -0.1) is 10.2 Å². The van der Waals surface area contributed by atoms with E-state index in [0.29, 0.717) is 61.8 Å². The zero-order valence-corrected chi connectivity index (χ0v) is 22.9. The Morgan fingerprint density at radius 3 is 2.13 bits per heavy atom. The van der Waals surface area contributed by atoms with Crippen molar-refractivity contribution >= 4 is 38.1 Å². The van der Waals surface area contributed by atoms with Crippen molar-refractivity contribution in [2.24, 2.45) is 10.2 Å². The van der Waals surface area contributed by atoms with Crippen molar-refractivity contribution in [1.29, 1.82) is 0 Å². The van der Waals surface area contributed by atoms with E-state index in [-0.39, 0.29) is 26.4 Å². The zero-order valence-electron chi connectivity index (χ0n) is 22.1. The molecule has 0 amide bonds. The molecule has 0 radical (unpaired) electrons. The number of hydrogen-bond donors (Lipinski definition) is 2. The van der Waals surface area contributed by atoms with Gasteiger partial charge < -0.3 is 38.8 Å². The Morgan fingerprint density at radius 2 is 1.50 bits per heavy atom. The maximum Gasteiger partial charge on any atom is 0.231 e. The zero-order chi connectivity index (χ0) is 27.2. The van der Waals surface area contributed by atoms with Crippen molar-refractivity contribution in [2.75, 3.05) is 85.1 Å². The van der Waals surface area contributed by atoms with Crippen LogP contribution in [0.25, 0.3) is 10.2 Å². The van der Waals surface area contributed by atoms with Crippen LogP contribution in [0, 0.1) is 6.92 Å². The Hall–Kier alpha value is -2.87. The minimum absolute atomic E-state index is 0.0148. The summed E-state index contributed by atoms with van der Waals surface area (Å²) < 4.78 is 28.8. The van der Waals surface area contributed by atoms with Gasteiger partial charge in [0.15, 0.2) is 0 Å². The van der Waals surface area contributed by atoms with Gasteiger partial charge in [-0.2, -0.15) is 0 Å². The molecule has 0 saturated heterocycles. The second-order valence-electron chi connectivity index (χ2n) is 8.09. The molecule has 12 heteroatoms. The van der Waals surface area contributed by atoms with E-state index in [1.165, 1.54) is 11.3 Å². The van der Waals surface area contributed by atoms with Crippen LogP contribution in [-0.2, 0) is 14.2 Å². The number of methoxy groups -OCH3 is 2. The molecule has 38 heavy (non-hydrogen) atoms. The minimum Gasteiger partial charge on any atom is -0.494 e. The Bertz CT molecular complexity index is 1160. The fourth-order valence-electron chi connectivity index (χ4n) is 3.66. The molecule has 3 aromatic rings. The molecule has 0 unspecified atom stereocenters. The van der Waals surface area contributed by atoms with Crippen LogP contribution in [0.3, 0.4) is 0 Å². The van der Waals surface area contributed by atoms with E-state index in [1.807, 2.05) is 31.2 Å². The number of nitrogens with zero attached hydrogens (tertiary/aromatic N) is 4. The fourth-order valence-corrected chi connectivity index (χ4v) is 4.53. The van der Waals surface area contributed by atoms with E-state index >= 15 is 0 Å². The van der Waals surface area contributed by atoms with Crippen LogP contribution < -0.4 is 14.4 Å². The molecule has 0 aliphatic heterocycles. The summed E-state index contributed by atoms with van der Waals surface area (Å²) in [6.07, 6.45) is 0. The molecule has 208 valence electrons.